The number of benzene rings is 1. The molecule has 2 aliphatic rings. The average molecular weight is 415 g/mol. The summed E-state index contributed by atoms with van der Waals surface area (Å²) in [6.07, 6.45) is 4.90. The van der Waals surface area contributed by atoms with Crippen molar-refractivity contribution in [2.45, 2.75) is 50.6 Å². The minimum Gasteiger partial charge on any atom is -0.452 e. The quantitative estimate of drug-likeness (QED) is 0.690. The monoisotopic (exact) mass is 415 g/mol. The third kappa shape index (κ3) is 4.87. The number of sulfone groups is 1. The van der Waals surface area contributed by atoms with Crippen molar-refractivity contribution in [3.63, 3.8) is 0 Å². The Kier molecular flexibility index (Phi) is 6.32. The van der Waals surface area contributed by atoms with Gasteiger partial charge in [-0.1, -0.05) is 19.3 Å². The molecule has 1 saturated carbocycles. The number of hydrogen-bond donors (Lipinski definition) is 0. The van der Waals surface area contributed by atoms with Crippen LogP contribution in [0.4, 0.5) is 8.78 Å². The Morgan fingerprint density at radius 1 is 1.07 bits per heavy atom. The number of rotatable bonds is 5. The molecule has 2 fully saturated rings. The summed E-state index contributed by atoms with van der Waals surface area (Å²) in [5, 5.41) is 0. The van der Waals surface area contributed by atoms with E-state index in [1.54, 1.807) is 4.90 Å². The minimum absolute atomic E-state index is 0.0365. The predicted octanol–water partition coefficient (Wildman–Crippen LogP) is 2.47. The molecule has 0 bridgehead atoms. The Hall–Kier alpha value is -2.03. The van der Waals surface area contributed by atoms with E-state index in [1.807, 2.05) is 0 Å². The van der Waals surface area contributed by atoms with E-state index in [-0.39, 0.29) is 17.5 Å². The zero-order valence-electron chi connectivity index (χ0n) is 15.4. The first-order chi connectivity index (χ1) is 13.3. The number of esters is 1. The molecule has 1 aliphatic heterocycles. The Bertz CT molecular complexity index is 852. The molecule has 0 N–H and O–H groups in total. The lowest BCUT2D eigenvalue weighted by molar-refractivity contribution is -0.140. The van der Waals surface area contributed by atoms with Gasteiger partial charge in [0.05, 0.1) is 17.1 Å². The van der Waals surface area contributed by atoms with Crippen LogP contribution in [0.2, 0.25) is 0 Å². The molecule has 0 aromatic heterocycles. The van der Waals surface area contributed by atoms with E-state index < -0.39 is 51.6 Å². The van der Waals surface area contributed by atoms with Gasteiger partial charge in [-0.2, -0.15) is 0 Å². The van der Waals surface area contributed by atoms with Crippen molar-refractivity contribution >= 4 is 21.7 Å². The topological polar surface area (TPSA) is 80.8 Å². The maximum Gasteiger partial charge on any atom is 0.341 e. The van der Waals surface area contributed by atoms with E-state index in [9.17, 15) is 26.8 Å². The minimum atomic E-state index is -3.18. The zero-order chi connectivity index (χ0) is 20.3. The molecular formula is C19H23F2NO5S. The van der Waals surface area contributed by atoms with Gasteiger partial charge in [0.15, 0.2) is 16.4 Å². The van der Waals surface area contributed by atoms with Crippen LogP contribution in [0.3, 0.4) is 0 Å². The van der Waals surface area contributed by atoms with E-state index in [0.29, 0.717) is 12.5 Å². The summed E-state index contributed by atoms with van der Waals surface area (Å²) in [7, 11) is -3.18. The van der Waals surface area contributed by atoms with Gasteiger partial charge < -0.3 is 9.64 Å². The summed E-state index contributed by atoms with van der Waals surface area (Å²) in [4.78, 5) is 26.4. The molecule has 1 atom stereocenters. The van der Waals surface area contributed by atoms with Crippen molar-refractivity contribution in [2.24, 2.45) is 0 Å². The first-order valence-electron chi connectivity index (χ1n) is 9.40. The van der Waals surface area contributed by atoms with Crippen molar-refractivity contribution in [3.8, 4) is 0 Å². The Labute approximate surface area is 162 Å². The summed E-state index contributed by atoms with van der Waals surface area (Å²) >= 11 is 0. The molecule has 0 radical (unpaired) electrons. The molecule has 6 nitrogen and oxygen atoms in total. The van der Waals surface area contributed by atoms with Crippen LogP contribution in [0.1, 0.15) is 48.9 Å². The van der Waals surface area contributed by atoms with E-state index in [0.717, 1.165) is 44.2 Å². The highest BCUT2D eigenvalue weighted by Crippen LogP contribution is 2.28. The normalized spacial score (nSPS) is 22.0. The summed E-state index contributed by atoms with van der Waals surface area (Å²) < 4.78 is 55.4. The summed E-state index contributed by atoms with van der Waals surface area (Å²) in [5.41, 5.74) is -0.457. The van der Waals surface area contributed by atoms with Crippen molar-refractivity contribution in [1.82, 2.24) is 4.90 Å². The first kappa shape index (κ1) is 20.7. The number of ether oxygens (including phenoxy) is 1. The van der Waals surface area contributed by atoms with Gasteiger partial charge in [0.2, 0.25) is 0 Å². The van der Waals surface area contributed by atoms with Crippen LogP contribution in [0.25, 0.3) is 0 Å². The molecule has 9 heteroatoms. The number of carbonyl (C=O) groups excluding carboxylic acids is 2. The maximum absolute atomic E-state index is 13.7. The third-order valence-corrected chi connectivity index (χ3v) is 7.09. The van der Waals surface area contributed by atoms with Gasteiger partial charge in [-0.15, -0.1) is 0 Å². The van der Waals surface area contributed by atoms with E-state index in [2.05, 4.69) is 0 Å². The number of nitrogens with zero attached hydrogens (tertiary/aromatic N) is 1. The highest BCUT2D eigenvalue weighted by Gasteiger charge is 2.38. The van der Waals surface area contributed by atoms with Crippen molar-refractivity contribution in [2.75, 3.05) is 18.1 Å². The highest BCUT2D eigenvalue weighted by atomic mass is 32.2. The van der Waals surface area contributed by atoms with E-state index in [1.165, 1.54) is 0 Å². The highest BCUT2D eigenvalue weighted by molar-refractivity contribution is 7.91. The van der Waals surface area contributed by atoms with Crippen LogP contribution >= 0.6 is 0 Å². The molecule has 0 spiro atoms. The molecule has 28 heavy (non-hydrogen) atoms. The van der Waals surface area contributed by atoms with Crippen LogP contribution in [-0.4, -0.2) is 55.4 Å². The van der Waals surface area contributed by atoms with Gasteiger partial charge in [-0.25, -0.2) is 22.0 Å². The van der Waals surface area contributed by atoms with Crippen LogP contribution in [-0.2, 0) is 19.4 Å². The smallest absolute Gasteiger partial charge is 0.341 e. The number of hydrogen-bond acceptors (Lipinski definition) is 5. The molecule has 1 saturated heterocycles. The van der Waals surface area contributed by atoms with Crippen molar-refractivity contribution < 1.29 is 31.5 Å². The first-order valence-corrected chi connectivity index (χ1v) is 11.2. The maximum atomic E-state index is 13.7. The zero-order valence-corrected chi connectivity index (χ0v) is 16.2. The molecular weight excluding hydrogens is 392 g/mol. The second kappa shape index (κ2) is 8.55. The van der Waals surface area contributed by atoms with Crippen molar-refractivity contribution in [3.05, 3.63) is 35.4 Å². The van der Waals surface area contributed by atoms with Crippen LogP contribution < -0.4 is 0 Å². The molecule has 154 valence electrons. The van der Waals surface area contributed by atoms with Crippen LogP contribution in [0.5, 0.6) is 0 Å². The lowest BCUT2D eigenvalue weighted by atomic mass is 9.93. The van der Waals surface area contributed by atoms with Crippen molar-refractivity contribution in [1.29, 1.82) is 0 Å². The standard InChI is InChI=1S/C19H23F2NO5S/c20-13-6-7-16(17(21)10-13)19(24)27-11-18(23)22(14-4-2-1-3-5-14)15-8-9-28(25,26)12-15/h6-7,10,14-15H,1-5,8-9,11-12H2/t15-/m0/s1. The Balaban J connectivity index is 1.69. The second-order valence-corrected chi connectivity index (χ2v) is 9.58. The van der Waals surface area contributed by atoms with Crippen LogP contribution in [0, 0.1) is 11.6 Å². The summed E-state index contributed by atoms with van der Waals surface area (Å²) in [6.45, 7) is -0.608. The van der Waals surface area contributed by atoms with Gasteiger partial charge in [0.25, 0.3) is 5.91 Å². The lowest BCUT2D eigenvalue weighted by Crippen LogP contribution is -2.50. The van der Waals surface area contributed by atoms with Crippen LogP contribution in [0.15, 0.2) is 18.2 Å². The van der Waals surface area contributed by atoms with Gasteiger partial charge in [-0.05, 0) is 31.4 Å². The SMILES string of the molecule is O=C(OCC(=O)N(C1CCCCC1)[C@H]1CCS(=O)(=O)C1)c1ccc(F)cc1F. The Morgan fingerprint density at radius 2 is 1.79 bits per heavy atom. The number of amides is 1. The molecule has 3 rings (SSSR count). The molecule has 1 aromatic rings. The largest absolute Gasteiger partial charge is 0.452 e. The van der Waals surface area contributed by atoms with E-state index >= 15 is 0 Å². The fourth-order valence-corrected chi connectivity index (χ4v) is 5.71. The van der Waals surface area contributed by atoms with Gasteiger partial charge in [0, 0.05) is 18.2 Å². The number of halogens is 2. The number of carbonyl (C=O) groups is 2. The van der Waals surface area contributed by atoms with Gasteiger partial charge >= 0.3 is 5.97 Å². The molecule has 1 heterocycles. The fraction of sp³-hybridized carbons (Fsp3) is 0.579. The van der Waals surface area contributed by atoms with Gasteiger partial charge in [-0.3, -0.25) is 4.79 Å². The second-order valence-electron chi connectivity index (χ2n) is 7.35. The fourth-order valence-electron chi connectivity index (χ4n) is 3.99. The molecule has 1 aromatic carbocycles. The predicted molar refractivity (Wildman–Crippen MR) is 97.4 cm³/mol. The third-order valence-electron chi connectivity index (χ3n) is 5.34. The summed E-state index contributed by atoms with van der Waals surface area (Å²) in [6, 6.07) is 1.94. The molecule has 1 amide bonds. The molecule has 0 unspecified atom stereocenters. The lowest BCUT2D eigenvalue weighted by Gasteiger charge is -2.38. The van der Waals surface area contributed by atoms with E-state index in [4.69, 9.17) is 4.74 Å². The average Bonchev–Trinajstić information content (AvgIpc) is 3.00. The summed E-state index contributed by atoms with van der Waals surface area (Å²) in [5.74, 6) is -3.48. The Morgan fingerprint density at radius 3 is 2.39 bits per heavy atom. The molecule has 1 aliphatic carbocycles. The van der Waals surface area contributed by atoms with Gasteiger partial charge in [0.1, 0.15) is 11.6 Å².